The van der Waals surface area contributed by atoms with Crippen LogP contribution in [0.15, 0.2) is 54.6 Å². The Balaban J connectivity index is 1.56. The molecule has 1 aliphatic rings. The lowest BCUT2D eigenvalue weighted by molar-refractivity contribution is -0.137. The fraction of sp³-hybridized carbons (Fsp3) is 0.148. The van der Waals surface area contributed by atoms with Crippen LogP contribution >= 0.6 is 23.2 Å². The molecule has 5 rings (SSSR count). The van der Waals surface area contributed by atoms with Gasteiger partial charge in [0.15, 0.2) is 0 Å². The molecule has 3 nitrogen and oxygen atoms in total. The Kier molecular flexibility index (Phi) is 5.77. The van der Waals surface area contributed by atoms with Crippen molar-refractivity contribution in [3.05, 3.63) is 92.8 Å². The highest BCUT2D eigenvalue weighted by atomic mass is 35.5. The number of alkyl halides is 3. The van der Waals surface area contributed by atoms with E-state index in [0.29, 0.717) is 28.3 Å². The van der Waals surface area contributed by atoms with Gasteiger partial charge >= 0.3 is 6.18 Å². The van der Waals surface area contributed by atoms with Crippen molar-refractivity contribution in [3.63, 3.8) is 0 Å². The summed E-state index contributed by atoms with van der Waals surface area (Å²) < 4.78 is 60.1. The lowest BCUT2D eigenvalue weighted by atomic mass is 9.94. The number of H-pyrrole nitrogens is 1. The Morgan fingerprint density at radius 3 is 2.47 bits per heavy atom. The summed E-state index contributed by atoms with van der Waals surface area (Å²) in [4.78, 5) is 7.78. The molecule has 0 atom stereocenters. The van der Waals surface area contributed by atoms with Gasteiger partial charge in [0.1, 0.15) is 23.0 Å². The molecule has 2 heterocycles. The Bertz CT molecular complexity index is 1560. The van der Waals surface area contributed by atoms with Gasteiger partial charge in [0.05, 0.1) is 32.6 Å². The maximum Gasteiger partial charge on any atom is 0.417 e. The number of imidazole rings is 1. The molecule has 0 fully saturated rings. The van der Waals surface area contributed by atoms with Crippen molar-refractivity contribution < 1.29 is 22.3 Å². The van der Waals surface area contributed by atoms with Gasteiger partial charge in [0.25, 0.3) is 0 Å². The number of halogens is 6. The molecular weight excluding hydrogens is 515 g/mol. The first-order chi connectivity index (χ1) is 17.0. The van der Waals surface area contributed by atoms with Crippen LogP contribution in [0.2, 0.25) is 10.0 Å². The Hall–Kier alpha value is -3.47. The summed E-state index contributed by atoms with van der Waals surface area (Å²) in [6.07, 6.45) is -4.58. The zero-order valence-electron chi connectivity index (χ0n) is 18.8. The maximum absolute atomic E-state index is 14.5. The molecule has 0 spiro atoms. The van der Waals surface area contributed by atoms with Gasteiger partial charge < -0.3 is 9.72 Å². The van der Waals surface area contributed by atoms with E-state index < -0.39 is 28.2 Å². The van der Waals surface area contributed by atoms with Crippen LogP contribution in [0.1, 0.15) is 36.2 Å². The summed E-state index contributed by atoms with van der Waals surface area (Å²) in [5.74, 6) is 5.81. The normalized spacial score (nSPS) is 13.8. The first-order valence-electron chi connectivity index (χ1n) is 10.7. The molecule has 0 unspecified atom stereocenters. The van der Waals surface area contributed by atoms with E-state index in [1.54, 1.807) is 24.3 Å². The summed E-state index contributed by atoms with van der Waals surface area (Å²) in [6, 6.07) is 13.1. The van der Waals surface area contributed by atoms with Crippen molar-refractivity contribution in [2.45, 2.75) is 25.6 Å². The lowest BCUT2D eigenvalue weighted by Crippen LogP contribution is -2.29. The second kappa shape index (κ2) is 8.58. The summed E-state index contributed by atoms with van der Waals surface area (Å²) in [5, 5.41) is -0.229. The zero-order valence-corrected chi connectivity index (χ0v) is 20.3. The average molecular weight is 531 g/mol. The maximum atomic E-state index is 14.5. The van der Waals surface area contributed by atoms with E-state index in [4.69, 9.17) is 27.9 Å². The van der Waals surface area contributed by atoms with Crippen molar-refractivity contribution in [1.29, 1.82) is 0 Å². The SMILES string of the molecule is CC1(C)Oc2cc(C#Cc3cccc(C(F)(F)F)c3Cl)ccc2-c2nc(-c3c(F)cccc3Cl)[nH]c21. The minimum atomic E-state index is -4.58. The van der Waals surface area contributed by atoms with Gasteiger partial charge in [-0.05, 0) is 56.3 Å². The molecule has 182 valence electrons. The van der Waals surface area contributed by atoms with Crippen LogP contribution in [-0.2, 0) is 11.8 Å². The first kappa shape index (κ1) is 24.2. The minimum absolute atomic E-state index is 0.0615. The first-order valence-corrected chi connectivity index (χ1v) is 11.5. The topological polar surface area (TPSA) is 37.9 Å². The van der Waals surface area contributed by atoms with Crippen molar-refractivity contribution in [2.75, 3.05) is 0 Å². The van der Waals surface area contributed by atoms with Gasteiger partial charge in [-0.1, -0.05) is 47.2 Å². The number of nitrogens with zero attached hydrogens (tertiary/aromatic N) is 1. The summed E-state index contributed by atoms with van der Waals surface area (Å²) >= 11 is 12.2. The molecule has 0 saturated carbocycles. The van der Waals surface area contributed by atoms with Crippen LogP contribution in [0.4, 0.5) is 17.6 Å². The molecule has 0 amide bonds. The molecule has 0 bridgehead atoms. The number of hydrogen-bond acceptors (Lipinski definition) is 2. The van der Waals surface area contributed by atoms with Crippen LogP contribution in [0.3, 0.4) is 0 Å². The number of nitrogens with one attached hydrogen (secondary N) is 1. The highest BCUT2D eigenvalue weighted by Gasteiger charge is 2.37. The van der Waals surface area contributed by atoms with Crippen molar-refractivity contribution >= 4 is 23.2 Å². The number of hydrogen-bond donors (Lipinski definition) is 1. The molecule has 0 radical (unpaired) electrons. The van der Waals surface area contributed by atoms with E-state index in [1.165, 1.54) is 24.3 Å². The summed E-state index contributed by atoms with van der Waals surface area (Å²) in [5.41, 5.74) is 0.828. The lowest BCUT2D eigenvalue weighted by Gasteiger charge is -2.31. The third kappa shape index (κ3) is 4.21. The second-order valence-electron chi connectivity index (χ2n) is 8.64. The number of fused-ring (bicyclic) bond motifs is 3. The van der Waals surface area contributed by atoms with Crippen molar-refractivity contribution in [1.82, 2.24) is 9.97 Å². The number of rotatable bonds is 1. The third-order valence-corrected chi connectivity index (χ3v) is 6.48. The molecule has 9 heteroatoms. The molecule has 1 aliphatic heterocycles. The van der Waals surface area contributed by atoms with Gasteiger partial charge in [-0.15, -0.1) is 0 Å². The molecule has 36 heavy (non-hydrogen) atoms. The van der Waals surface area contributed by atoms with Gasteiger partial charge in [-0.2, -0.15) is 13.2 Å². The molecular formula is C27H16Cl2F4N2O. The van der Waals surface area contributed by atoms with Crippen LogP contribution in [-0.4, -0.2) is 9.97 Å². The van der Waals surface area contributed by atoms with Crippen LogP contribution in [0, 0.1) is 17.7 Å². The van der Waals surface area contributed by atoms with E-state index in [-0.39, 0.29) is 22.0 Å². The highest BCUT2D eigenvalue weighted by Crippen LogP contribution is 2.46. The molecule has 1 aromatic heterocycles. The Morgan fingerprint density at radius 2 is 1.75 bits per heavy atom. The molecule has 0 saturated heterocycles. The van der Waals surface area contributed by atoms with E-state index in [2.05, 4.69) is 21.8 Å². The van der Waals surface area contributed by atoms with E-state index in [0.717, 1.165) is 6.07 Å². The molecule has 4 aromatic rings. The fourth-order valence-electron chi connectivity index (χ4n) is 4.04. The minimum Gasteiger partial charge on any atom is -0.481 e. The van der Waals surface area contributed by atoms with E-state index in [1.807, 2.05) is 13.8 Å². The number of benzene rings is 3. The average Bonchev–Trinajstić information content (AvgIpc) is 3.23. The Labute approximate surface area is 214 Å². The van der Waals surface area contributed by atoms with Gasteiger partial charge in [0.2, 0.25) is 0 Å². The summed E-state index contributed by atoms with van der Waals surface area (Å²) in [7, 11) is 0. The largest absolute Gasteiger partial charge is 0.481 e. The van der Waals surface area contributed by atoms with Gasteiger partial charge in [-0.25, -0.2) is 9.37 Å². The zero-order chi connectivity index (χ0) is 25.8. The second-order valence-corrected chi connectivity index (χ2v) is 9.43. The quantitative estimate of drug-likeness (QED) is 0.199. The number of aromatic nitrogens is 2. The monoisotopic (exact) mass is 530 g/mol. The third-order valence-electron chi connectivity index (χ3n) is 5.75. The van der Waals surface area contributed by atoms with Gasteiger partial charge in [-0.3, -0.25) is 0 Å². The smallest absolute Gasteiger partial charge is 0.417 e. The van der Waals surface area contributed by atoms with E-state index >= 15 is 0 Å². The van der Waals surface area contributed by atoms with Crippen LogP contribution in [0.25, 0.3) is 22.6 Å². The summed E-state index contributed by atoms with van der Waals surface area (Å²) in [6.45, 7) is 3.67. The number of aromatic amines is 1. The Morgan fingerprint density at radius 1 is 1.00 bits per heavy atom. The molecule has 0 aliphatic carbocycles. The predicted molar refractivity (Wildman–Crippen MR) is 131 cm³/mol. The highest BCUT2D eigenvalue weighted by molar-refractivity contribution is 6.33. The molecule has 3 aromatic carbocycles. The van der Waals surface area contributed by atoms with Crippen molar-refractivity contribution in [2.24, 2.45) is 0 Å². The number of ether oxygens (including phenoxy) is 1. The van der Waals surface area contributed by atoms with Crippen molar-refractivity contribution in [3.8, 4) is 40.2 Å². The van der Waals surface area contributed by atoms with Crippen LogP contribution < -0.4 is 4.74 Å². The predicted octanol–water partition coefficient (Wildman–Crippen LogP) is 8.24. The van der Waals surface area contributed by atoms with Gasteiger partial charge in [0, 0.05) is 16.7 Å². The standard InChI is InChI=1S/C27H16Cl2F4N2O/c1-26(2)24-23(34-25(35-24)21-18(28)7-4-8-19(21)30)16-12-10-14(13-20(16)36-26)9-11-15-5-3-6-17(22(15)29)27(31,32)33/h3-8,10,12-13H,1-2H3,(H,34,35). The van der Waals surface area contributed by atoms with Crippen LogP contribution in [0.5, 0.6) is 5.75 Å². The fourth-order valence-corrected chi connectivity index (χ4v) is 4.57. The van der Waals surface area contributed by atoms with E-state index in [9.17, 15) is 17.6 Å². The molecule has 1 N–H and O–H groups in total.